The second-order valence-electron chi connectivity index (χ2n) is 4.35. The van der Waals surface area contributed by atoms with Crippen LogP contribution in [0.4, 0.5) is 0 Å². The van der Waals surface area contributed by atoms with Gasteiger partial charge in [-0.2, -0.15) is 0 Å². The molecule has 0 saturated carbocycles. The van der Waals surface area contributed by atoms with Gasteiger partial charge >= 0.3 is 0 Å². The van der Waals surface area contributed by atoms with Crippen LogP contribution < -0.4 is 11.5 Å². The smallest absolute Gasteiger partial charge is 0.0701 e. The van der Waals surface area contributed by atoms with Crippen LogP contribution in [0.25, 0.3) is 0 Å². The summed E-state index contributed by atoms with van der Waals surface area (Å²) in [5.74, 6) is 0. The summed E-state index contributed by atoms with van der Waals surface area (Å²) in [5.41, 5.74) is 10.6. The minimum Gasteiger partial charge on any atom is -0.380 e. The topological polar surface area (TPSA) is 98.2 Å². The Balaban J connectivity index is 2.90. The molecule has 0 aliphatic carbocycles. The fourth-order valence-corrected chi connectivity index (χ4v) is 1.40. The first kappa shape index (κ1) is 20.7. The normalized spacial score (nSPS) is 11.1. The number of nitrogens with two attached hydrogens (primary N) is 2. The lowest BCUT2D eigenvalue weighted by Crippen LogP contribution is -2.13. The third kappa shape index (κ3) is 19.7. The molecule has 0 amide bonds. The van der Waals surface area contributed by atoms with Crippen LogP contribution in [0.3, 0.4) is 0 Å². The largest absolute Gasteiger partial charge is 0.380 e. The van der Waals surface area contributed by atoms with Crippen molar-refractivity contribution in [3.63, 3.8) is 0 Å². The van der Waals surface area contributed by atoms with Gasteiger partial charge < -0.3 is 35.2 Å². The van der Waals surface area contributed by atoms with Crippen LogP contribution in [0.1, 0.15) is 12.8 Å². The van der Waals surface area contributed by atoms with Gasteiger partial charge in [-0.05, 0) is 19.4 Å². The molecule has 0 aromatic rings. The molecule has 0 radical (unpaired) electrons. The Kier molecular flexibility index (Phi) is 19.5. The number of rotatable bonds is 18. The highest BCUT2D eigenvalue weighted by atomic mass is 16.6. The van der Waals surface area contributed by atoms with Crippen molar-refractivity contribution in [2.75, 3.05) is 79.2 Å². The predicted octanol–water partition coefficient (Wildman–Crippen LogP) is -0.233. The van der Waals surface area contributed by atoms with Crippen molar-refractivity contribution in [3.8, 4) is 0 Å². The molecule has 0 heterocycles. The van der Waals surface area contributed by atoms with Crippen LogP contribution in [0.15, 0.2) is 0 Å². The molecule has 21 heavy (non-hydrogen) atoms. The van der Waals surface area contributed by atoms with Crippen LogP contribution in [-0.2, 0) is 23.7 Å². The molecule has 0 fully saturated rings. The molecule has 0 atom stereocenters. The maximum absolute atomic E-state index is 5.39. The second-order valence-corrected chi connectivity index (χ2v) is 4.35. The summed E-state index contributed by atoms with van der Waals surface area (Å²) in [6, 6.07) is 0. The van der Waals surface area contributed by atoms with E-state index in [0.29, 0.717) is 79.2 Å². The lowest BCUT2D eigenvalue weighted by atomic mass is 10.5. The summed E-state index contributed by atoms with van der Waals surface area (Å²) in [5, 5.41) is 0. The van der Waals surface area contributed by atoms with Crippen molar-refractivity contribution in [1.29, 1.82) is 0 Å². The van der Waals surface area contributed by atoms with E-state index in [-0.39, 0.29) is 0 Å². The van der Waals surface area contributed by atoms with Gasteiger partial charge in [0.2, 0.25) is 0 Å². The Bertz CT molecular complexity index is 169. The summed E-state index contributed by atoms with van der Waals surface area (Å²) >= 11 is 0. The van der Waals surface area contributed by atoms with Gasteiger partial charge in [-0.25, -0.2) is 0 Å². The maximum atomic E-state index is 5.39. The van der Waals surface area contributed by atoms with E-state index in [1.165, 1.54) is 0 Å². The van der Waals surface area contributed by atoms with Crippen molar-refractivity contribution in [1.82, 2.24) is 0 Å². The van der Waals surface area contributed by atoms with E-state index in [9.17, 15) is 0 Å². The Morgan fingerprint density at radius 2 is 0.762 bits per heavy atom. The van der Waals surface area contributed by atoms with Gasteiger partial charge in [-0.1, -0.05) is 0 Å². The van der Waals surface area contributed by atoms with Gasteiger partial charge in [-0.3, -0.25) is 0 Å². The van der Waals surface area contributed by atoms with E-state index < -0.39 is 0 Å². The van der Waals surface area contributed by atoms with E-state index in [1.807, 2.05) is 0 Å². The van der Waals surface area contributed by atoms with Gasteiger partial charge in [0.1, 0.15) is 0 Å². The van der Waals surface area contributed by atoms with E-state index in [1.54, 1.807) is 0 Å². The lowest BCUT2D eigenvalue weighted by Gasteiger charge is -2.07. The third-order valence-electron chi connectivity index (χ3n) is 2.45. The number of ether oxygens (including phenoxy) is 5. The molecule has 7 heteroatoms. The quantitative estimate of drug-likeness (QED) is 0.337. The lowest BCUT2D eigenvalue weighted by molar-refractivity contribution is -0.00408. The summed E-state index contributed by atoms with van der Waals surface area (Å²) in [6.07, 6.45) is 1.77. The zero-order valence-electron chi connectivity index (χ0n) is 13.1. The van der Waals surface area contributed by atoms with Gasteiger partial charge in [-0.15, -0.1) is 0 Å². The van der Waals surface area contributed by atoms with Gasteiger partial charge in [0.25, 0.3) is 0 Å². The standard InChI is InChI=1S/C14H32N2O5/c15-3-1-5-18-9-11-20-13-14-21-12-10-19-7-2-6-17-8-4-16/h1-16H2. The minimum absolute atomic E-state index is 0.566. The molecule has 0 aromatic heterocycles. The van der Waals surface area contributed by atoms with Crippen LogP contribution in [0.5, 0.6) is 0 Å². The number of hydrogen-bond acceptors (Lipinski definition) is 7. The maximum Gasteiger partial charge on any atom is 0.0701 e. The van der Waals surface area contributed by atoms with E-state index in [4.69, 9.17) is 35.2 Å². The van der Waals surface area contributed by atoms with E-state index in [2.05, 4.69) is 0 Å². The fraction of sp³-hybridized carbons (Fsp3) is 1.00. The fourth-order valence-electron chi connectivity index (χ4n) is 1.40. The molecule has 0 saturated heterocycles. The zero-order valence-corrected chi connectivity index (χ0v) is 13.1. The molecule has 0 unspecified atom stereocenters. The third-order valence-corrected chi connectivity index (χ3v) is 2.45. The van der Waals surface area contributed by atoms with Gasteiger partial charge in [0.15, 0.2) is 0 Å². The van der Waals surface area contributed by atoms with Crippen molar-refractivity contribution in [2.45, 2.75) is 12.8 Å². The molecule has 0 aliphatic rings. The van der Waals surface area contributed by atoms with Crippen molar-refractivity contribution < 1.29 is 23.7 Å². The summed E-state index contributed by atoms with van der Waals surface area (Å²) in [4.78, 5) is 0. The highest BCUT2D eigenvalue weighted by Crippen LogP contribution is 1.87. The molecule has 0 aliphatic heterocycles. The molecule has 0 aromatic carbocycles. The molecule has 4 N–H and O–H groups in total. The Hall–Kier alpha value is -0.280. The van der Waals surface area contributed by atoms with Crippen molar-refractivity contribution in [2.24, 2.45) is 11.5 Å². The van der Waals surface area contributed by atoms with E-state index >= 15 is 0 Å². The van der Waals surface area contributed by atoms with Crippen LogP contribution in [0.2, 0.25) is 0 Å². The summed E-state index contributed by atoms with van der Waals surface area (Å²) < 4.78 is 26.6. The molecule has 7 nitrogen and oxygen atoms in total. The SMILES string of the molecule is NCCCOCCOCCOCCOCCCOCCN. The first-order chi connectivity index (χ1) is 10.4. The molecular weight excluding hydrogens is 276 g/mol. The van der Waals surface area contributed by atoms with Crippen LogP contribution in [0, 0.1) is 0 Å². The Morgan fingerprint density at radius 1 is 0.381 bits per heavy atom. The highest BCUT2D eigenvalue weighted by Gasteiger charge is 1.93. The Morgan fingerprint density at radius 3 is 1.19 bits per heavy atom. The first-order valence-corrected chi connectivity index (χ1v) is 7.70. The van der Waals surface area contributed by atoms with Crippen LogP contribution in [-0.4, -0.2) is 79.2 Å². The van der Waals surface area contributed by atoms with Gasteiger partial charge in [0, 0.05) is 26.4 Å². The average molecular weight is 308 g/mol. The molecular formula is C14H32N2O5. The molecule has 128 valence electrons. The van der Waals surface area contributed by atoms with Crippen molar-refractivity contribution in [3.05, 3.63) is 0 Å². The van der Waals surface area contributed by atoms with E-state index in [0.717, 1.165) is 12.8 Å². The average Bonchev–Trinajstić information content (AvgIpc) is 2.50. The monoisotopic (exact) mass is 308 g/mol. The predicted molar refractivity (Wildman–Crippen MR) is 81.4 cm³/mol. The minimum atomic E-state index is 0.566. The second kappa shape index (κ2) is 19.7. The Labute approximate surface area is 128 Å². The van der Waals surface area contributed by atoms with Crippen LogP contribution >= 0.6 is 0 Å². The summed E-state index contributed by atoms with van der Waals surface area (Å²) in [7, 11) is 0. The van der Waals surface area contributed by atoms with Crippen molar-refractivity contribution >= 4 is 0 Å². The summed E-state index contributed by atoms with van der Waals surface area (Å²) in [6.45, 7) is 7.45. The molecule has 0 spiro atoms. The first-order valence-electron chi connectivity index (χ1n) is 7.70. The number of hydrogen-bond donors (Lipinski definition) is 2. The molecule has 0 bridgehead atoms. The highest BCUT2D eigenvalue weighted by molar-refractivity contribution is 4.39. The zero-order chi connectivity index (χ0) is 15.4. The molecule has 0 rings (SSSR count). The van der Waals surface area contributed by atoms with Gasteiger partial charge in [0.05, 0.1) is 46.2 Å².